The van der Waals surface area contributed by atoms with Gasteiger partial charge in [-0.05, 0) is 12.5 Å². The summed E-state index contributed by atoms with van der Waals surface area (Å²) in [6, 6.07) is 10.00. The average Bonchev–Trinajstić information content (AvgIpc) is 2.17. The van der Waals surface area contributed by atoms with E-state index in [2.05, 4.69) is 11.9 Å². The molecule has 0 amide bonds. The Bertz CT molecular complexity index is 280. The molecule has 2 N–H and O–H groups in total. The van der Waals surface area contributed by atoms with Gasteiger partial charge in [-0.1, -0.05) is 36.4 Å². The normalized spacial score (nSPS) is 14.7. The molecule has 0 heterocycles. The van der Waals surface area contributed by atoms with Crippen LogP contribution in [0.4, 0.5) is 0 Å². The monoisotopic (exact) mass is 191 g/mol. The molecule has 0 aliphatic rings. The minimum Gasteiger partial charge on any atom is -0.376 e. The Labute approximate surface area is 85.3 Å². The molecule has 0 radical (unpaired) electrons. The fourth-order valence-electron chi connectivity index (χ4n) is 1.24. The van der Waals surface area contributed by atoms with Gasteiger partial charge in [0.15, 0.2) is 0 Å². The molecule has 0 bridgehead atoms. The summed E-state index contributed by atoms with van der Waals surface area (Å²) in [5, 5.41) is 12.9. The summed E-state index contributed by atoms with van der Waals surface area (Å²) in [4.78, 5) is 0. The summed E-state index contributed by atoms with van der Waals surface area (Å²) in [6.45, 7) is 6.02. The van der Waals surface area contributed by atoms with Gasteiger partial charge >= 0.3 is 0 Å². The Hall–Kier alpha value is -1.12. The van der Waals surface area contributed by atoms with E-state index in [0.717, 1.165) is 5.56 Å². The van der Waals surface area contributed by atoms with Crippen LogP contribution in [0.1, 0.15) is 18.9 Å². The second-order valence-corrected chi connectivity index (χ2v) is 3.61. The van der Waals surface area contributed by atoms with E-state index in [9.17, 15) is 5.11 Å². The molecule has 2 nitrogen and oxygen atoms in total. The molecule has 2 heteroatoms. The Kier molecular flexibility index (Phi) is 3.86. The maximum atomic E-state index is 9.79. The molecule has 0 fully saturated rings. The van der Waals surface area contributed by atoms with Crippen LogP contribution in [0, 0.1) is 0 Å². The van der Waals surface area contributed by atoms with Gasteiger partial charge in [0.1, 0.15) is 5.72 Å². The van der Waals surface area contributed by atoms with E-state index >= 15 is 0 Å². The molecule has 0 saturated carbocycles. The SMILES string of the molecule is C=CCC(C)(O)NCc1ccccc1. The zero-order valence-electron chi connectivity index (χ0n) is 8.53. The Morgan fingerprint density at radius 3 is 2.64 bits per heavy atom. The van der Waals surface area contributed by atoms with Crippen LogP contribution in [0.25, 0.3) is 0 Å². The van der Waals surface area contributed by atoms with Crippen molar-refractivity contribution in [1.82, 2.24) is 5.32 Å². The largest absolute Gasteiger partial charge is 0.376 e. The van der Waals surface area contributed by atoms with Crippen molar-refractivity contribution in [3.05, 3.63) is 48.6 Å². The lowest BCUT2D eigenvalue weighted by molar-refractivity contribution is 0.0252. The number of hydrogen-bond donors (Lipinski definition) is 2. The van der Waals surface area contributed by atoms with Gasteiger partial charge in [-0.3, -0.25) is 5.32 Å². The third-order valence-corrected chi connectivity index (χ3v) is 2.06. The van der Waals surface area contributed by atoms with E-state index in [1.165, 1.54) is 0 Å². The van der Waals surface area contributed by atoms with Crippen molar-refractivity contribution < 1.29 is 5.11 Å². The zero-order chi connectivity index (χ0) is 10.4. The molecule has 0 aromatic heterocycles. The number of rotatable bonds is 5. The first-order valence-corrected chi connectivity index (χ1v) is 4.76. The van der Waals surface area contributed by atoms with Crippen molar-refractivity contribution in [2.24, 2.45) is 0 Å². The summed E-state index contributed by atoms with van der Waals surface area (Å²) < 4.78 is 0. The predicted molar refractivity (Wildman–Crippen MR) is 58.7 cm³/mol. The third kappa shape index (κ3) is 3.73. The van der Waals surface area contributed by atoms with Crippen LogP contribution in [0.3, 0.4) is 0 Å². The molecule has 1 unspecified atom stereocenters. The summed E-state index contributed by atoms with van der Waals surface area (Å²) in [7, 11) is 0. The maximum absolute atomic E-state index is 9.79. The van der Waals surface area contributed by atoms with Crippen LogP contribution in [0.2, 0.25) is 0 Å². The van der Waals surface area contributed by atoms with Crippen molar-refractivity contribution in [2.75, 3.05) is 0 Å². The van der Waals surface area contributed by atoms with Gasteiger partial charge < -0.3 is 5.11 Å². The topological polar surface area (TPSA) is 32.3 Å². The van der Waals surface area contributed by atoms with Gasteiger partial charge in [0.05, 0.1) is 0 Å². The minimum absolute atomic E-state index is 0.542. The van der Waals surface area contributed by atoms with E-state index in [1.54, 1.807) is 13.0 Å². The van der Waals surface area contributed by atoms with Crippen LogP contribution in [-0.2, 0) is 6.54 Å². The fourth-order valence-corrected chi connectivity index (χ4v) is 1.24. The van der Waals surface area contributed by atoms with Crippen LogP contribution in [-0.4, -0.2) is 10.8 Å². The third-order valence-electron chi connectivity index (χ3n) is 2.06. The summed E-state index contributed by atoms with van der Waals surface area (Å²) in [5.41, 5.74) is 0.300. The van der Waals surface area contributed by atoms with E-state index in [-0.39, 0.29) is 0 Å². The molecule has 14 heavy (non-hydrogen) atoms. The van der Waals surface area contributed by atoms with Gasteiger partial charge in [-0.2, -0.15) is 0 Å². The molecule has 0 aliphatic heterocycles. The smallest absolute Gasteiger partial charge is 0.116 e. The van der Waals surface area contributed by atoms with Crippen LogP contribution in [0.15, 0.2) is 43.0 Å². The van der Waals surface area contributed by atoms with Crippen molar-refractivity contribution in [2.45, 2.75) is 25.6 Å². The van der Waals surface area contributed by atoms with Gasteiger partial charge in [0, 0.05) is 13.0 Å². The van der Waals surface area contributed by atoms with E-state index in [0.29, 0.717) is 13.0 Å². The molecule has 0 spiro atoms. The number of benzene rings is 1. The molecular formula is C12H17NO. The van der Waals surface area contributed by atoms with Crippen LogP contribution >= 0.6 is 0 Å². The van der Waals surface area contributed by atoms with Gasteiger partial charge in [-0.25, -0.2) is 0 Å². The average molecular weight is 191 g/mol. The Morgan fingerprint density at radius 1 is 1.43 bits per heavy atom. The first-order valence-electron chi connectivity index (χ1n) is 4.76. The highest BCUT2D eigenvalue weighted by molar-refractivity contribution is 5.14. The van der Waals surface area contributed by atoms with Crippen molar-refractivity contribution >= 4 is 0 Å². The quantitative estimate of drug-likeness (QED) is 0.551. The van der Waals surface area contributed by atoms with Crippen molar-refractivity contribution in [3.8, 4) is 0 Å². The second-order valence-electron chi connectivity index (χ2n) is 3.61. The van der Waals surface area contributed by atoms with E-state index in [1.807, 2.05) is 30.3 Å². The minimum atomic E-state index is -0.864. The van der Waals surface area contributed by atoms with Crippen molar-refractivity contribution in [3.63, 3.8) is 0 Å². The molecular weight excluding hydrogens is 174 g/mol. The molecule has 0 aliphatic carbocycles. The molecule has 0 saturated heterocycles. The van der Waals surface area contributed by atoms with Crippen LogP contribution < -0.4 is 5.32 Å². The highest BCUT2D eigenvalue weighted by atomic mass is 16.3. The molecule has 1 atom stereocenters. The lowest BCUT2D eigenvalue weighted by atomic mass is 10.1. The lowest BCUT2D eigenvalue weighted by Crippen LogP contribution is -2.41. The molecule has 1 aromatic rings. The maximum Gasteiger partial charge on any atom is 0.116 e. The number of aliphatic hydroxyl groups is 1. The Morgan fingerprint density at radius 2 is 2.07 bits per heavy atom. The second kappa shape index (κ2) is 4.94. The first kappa shape index (κ1) is 11.0. The lowest BCUT2D eigenvalue weighted by Gasteiger charge is -2.23. The highest BCUT2D eigenvalue weighted by Gasteiger charge is 2.16. The standard InChI is InChI=1S/C12H17NO/c1-3-9-12(2,14)13-10-11-7-5-4-6-8-11/h3-8,13-14H,1,9-10H2,2H3. The first-order chi connectivity index (χ1) is 6.64. The Balaban J connectivity index is 2.44. The molecule has 1 aromatic carbocycles. The predicted octanol–water partition coefficient (Wildman–Crippen LogP) is 2.06. The van der Waals surface area contributed by atoms with E-state index in [4.69, 9.17) is 0 Å². The zero-order valence-corrected chi connectivity index (χ0v) is 8.53. The van der Waals surface area contributed by atoms with E-state index < -0.39 is 5.72 Å². The van der Waals surface area contributed by atoms with Gasteiger partial charge in [0.25, 0.3) is 0 Å². The summed E-state index contributed by atoms with van der Waals surface area (Å²) in [6.07, 6.45) is 2.25. The van der Waals surface area contributed by atoms with Crippen molar-refractivity contribution in [1.29, 1.82) is 0 Å². The number of nitrogens with one attached hydrogen (secondary N) is 1. The molecule has 1 rings (SSSR count). The summed E-state index contributed by atoms with van der Waals surface area (Å²) in [5.74, 6) is 0. The van der Waals surface area contributed by atoms with Gasteiger partial charge in [0.2, 0.25) is 0 Å². The summed E-state index contributed by atoms with van der Waals surface area (Å²) >= 11 is 0. The van der Waals surface area contributed by atoms with Gasteiger partial charge in [-0.15, -0.1) is 6.58 Å². The highest BCUT2D eigenvalue weighted by Crippen LogP contribution is 2.07. The molecule has 76 valence electrons. The van der Waals surface area contributed by atoms with Crippen LogP contribution in [0.5, 0.6) is 0 Å². The number of hydrogen-bond acceptors (Lipinski definition) is 2. The fraction of sp³-hybridized carbons (Fsp3) is 0.333.